The van der Waals surface area contributed by atoms with Crippen LogP contribution in [-0.2, 0) is 9.63 Å². The number of imide groups is 1. The molecule has 2 heterocycles. The maximum atomic E-state index is 12.8. The first-order valence-electron chi connectivity index (χ1n) is 16.4. The van der Waals surface area contributed by atoms with Gasteiger partial charge in [0, 0.05) is 18.5 Å². The zero-order valence-corrected chi connectivity index (χ0v) is 26.7. The fourth-order valence-electron chi connectivity index (χ4n) is 6.46. The molecule has 1 saturated heterocycles. The van der Waals surface area contributed by atoms with Crippen LogP contribution in [0.15, 0.2) is 78.9 Å². The predicted molar refractivity (Wildman–Crippen MR) is 177 cm³/mol. The largest absolute Gasteiger partial charge is 0.343 e. The highest BCUT2D eigenvalue weighted by molar-refractivity contribution is 6.21. The van der Waals surface area contributed by atoms with Gasteiger partial charge >= 0.3 is 5.97 Å². The lowest BCUT2D eigenvalue weighted by atomic mass is 9.97. The smallest absolute Gasteiger partial charge is 0.335 e. The summed E-state index contributed by atoms with van der Waals surface area (Å²) in [6, 6.07) is 25.0. The van der Waals surface area contributed by atoms with E-state index in [9.17, 15) is 14.4 Å². The first kappa shape index (κ1) is 32.4. The topological polar surface area (TPSA) is 79.0 Å². The number of piperidine rings is 1. The third-order valence-corrected chi connectivity index (χ3v) is 9.21. The van der Waals surface area contributed by atoms with Crippen LogP contribution < -0.4 is 5.48 Å². The maximum absolute atomic E-state index is 12.8. The Morgan fingerprint density at radius 3 is 2.00 bits per heavy atom. The number of rotatable bonds is 15. The molecule has 2 aliphatic rings. The second-order valence-corrected chi connectivity index (χ2v) is 13.0. The normalized spacial score (nSPS) is 15.7. The third kappa shape index (κ3) is 8.59. The van der Waals surface area contributed by atoms with E-state index in [-0.39, 0.29) is 23.7 Å². The van der Waals surface area contributed by atoms with Crippen molar-refractivity contribution < 1.29 is 23.7 Å². The fraction of sp³-hybridized carbons (Fsp3) is 0.432. The van der Waals surface area contributed by atoms with E-state index in [2.05, 4.69) is 24.5 Å². The molecule has 0 radical (unpaired) electrons. The van der Waals surface area contributed by atoms with E-state index in [4.69, 9.17) is 4.84 Å². The van der Waals surface area contributed by atoms with Crippen LogP contribution in [0.5, 0.6) is 0 Å². The molecule has 1 N–H and O–H groups in total. The lowest BCUT2D eigenvalue weighted by Crippen LogP contribution is -2.43. The average molecular weight is 612 g/mol. The number of nitrogens with zero attached hydrogens (tertiary/aromatic N) is 3. The van der Waals surface area contributed by atoms with Crippen LogP contribution in [0.25, 0.3) is 11.1 Å². The fourth-order valence-corrected chi connectivity index (χ4v) is 6.46. The monoisotopic (exact) mass is 611 g/mol. The summed E-state index contributed by atoms with van der Waals surface area (Å²) in [5.74, 6) is -0.581. The van der Waals surface area contributed by atoms with E-state index in [0.717, 1.165) is 79.7 Å². The van der Waals surface area contributed by atoms with E-state index in [1.54, 1.807) is 24.3 Å². The number of carbonyl (C=O) groups is 3. The highest BCUT2D eigenvalue weighted by Gasteiger charge is 2.35. The van der Waals surface area contributed by atoms with Gasteiger partial charge in [0.2, 0.25) is 0 Å². The SMILES string of the molecule is C[N+](C)(CCCCCCN1CCC(C(=O)ONc2ccccc2-c2ccccc2)CC1)CCCN1C(=O)c2ccccc2C1=O. The van der Waals surface area contributed by atoms with Crippen LogP contribution in [0.4, 0.5) is 5.69 Å². The van der Waals surface area contributed by atoms with Gasteiger partial charge in [-0.3, -0.25) is 14.5 Å². The van der Waals surface area contributed by atoms with Crippen LogP contribution in [0.3, 0.4) is 0 Å². The van der Waals surface area contributed by atoms with Crippen molar-refractivity contribution in [3.05, 3.63) is 90.0 Å². The lowest BCUT2D eigenvalue weighted by Gasteiger charge is -2.31. The molecule has 5 rings (SSSR count). The Labute approximate surface area is 267 Å². The van der Waals surface area contributed by atoms with Crippen molar-refractivity contribution in [3.63, 3.8) is 0 Å². The summed E-state index contributed by atoms with van der Waals surface area (Å²) in [6.45, 7) is 5.41. The minimum Gasteiger partial charge on any atom is -0.343 e. The number of unbranched alkanes of at least 4 members (excludes halogenated alkanes) is 3. The number of hydrogen-bond acceptors (Lipinski definition) is 6. The number of quaternary nitrogens is 1. The van der Waals surface area contributed by atoms with Gasteiger partial charge in [0.25, 0.3) is 11.8 Å². The molecule has 0 unspecified atom stereocenters. The van der Waals surface area contributed by atoms with Gasteiger partial charge in [-0.15, -0.1) is 0 Å². The number of likely N-dealkylation sites (tertiary alicyclic amines) is 1. The first-order valence-corrected chi connectivity index (χ1v) is 16.4. The molecule has 2 amide bonds. The number of fused-ring (bicyclic) bond motifs is 1. The number of hydrogen-bond donors (Lipinski definition) is 1. The number of benzene rings is 3. The van der Waals surface area contributed by atoms with Crippen molar-refractivity contribution >= 4 is 23.5 Å². The Balaban J connectivity index is 0.920. The second-order valence-electron chi connectivity index (χ2n) is 13.0. The molecule has 238 valence electrons. The Morgan fingerprint density at radius 2 is 1.31 bits per heavy atom. The summed E-state index contributed by atoms with van der Waals surface area (Å²) in [7, 11) is 4.46. The molecule has 0 atom stereocenters. The van der Waals surface area contributed by atoms with Crippen molar-refractivity contribution in [3.8, 4) is 11.1 Å². The third-order valence-electron chi connectivity index (χ3n) is 9.21. The molecular formula is C37H47N4O4+. The minimum absolute atomic E-state index is 0.0744. The van der Waals surface area contributed by atoms with Gasteiger partial charge in [0.1, 0.15) is 0 Å². The highest BCUT2D eigenvalue weighted by Crippen LogP contribution is 2.28. The van der Waals surface area contributed by atoms with Crippen molar-refractivity contribution in [1.29, 1.82) is 0 Å². The summed E-state index contributed by atoms with van der Waals surface area (Å²) in [5, 5.41) is 0. The summed E-state index contributed by atoms with van der Waals surface area (Å²) in [6.07, 6.45) is 7.18. The number of para-hydroxylation sites is 1. The average Bonchev–Trinajstić information content (AvgIpc) is 3.31. The van der Waals surface area contributed by atoms with Gasteiger partial charge in [0.15, 0.2) is 0 Å². The molecule has 0 saturated carbocycles. The van der Waals surface area contributed by atoms with Crippen molar-refractivity contribution in [1.82, 2.24) is 9.80 Å². The Kier molecular flexibility index (Phi) is 11.0. The molecule has 3 aromatic carbocycles. The Hall–Kier alpha value is -4.01. The summed E-state index contributed by atoms with van der Waals surface area (Å²) < 4.78 is 0.888. The Morgan fingerprint density at radius 1 is 0.733 bits per heavy atom. The maximum Gasteiger partial charge on any atom is 0.335 e. The zero-order valence-electron chi connectivity index (χ0n) is 26.7. The molecular weight excluding hydrogens is 564 g/mol. The van der Waals surface area contributed by atoms with Gasteiger partial charge in [-0.2, -0.15) is 0 Å². The standard InChI is InChI=1S/C37H47N4O4/c1-41(2,28-14-24-40-35(42)32-18-8-9-19-33(32)36(40)43)27-13-4-3-12-23-39-25-21-30(22-26-39)37(44)45-38-34-20-11-10-17-31(34)29-15-6-5-7-16-29/h5-11,15-20,30,38H,3-4,12-14,21-28H2,1-2H3/q+1. The van der Waals surface area contributed by atoms with Gasteiger partial charge in [-0.1, -0.05) is 67.1 Å². The number of carbonyl (C=O) groups excluding carboxylic acids is 3. The number of amides is 2. The van der Waals surface area contributed by atoms with Crippen LogP contribution in [0.2, 0.25) is 0 Å². The minimum atomic E-state index is -0.179. The van der Waals surface area contributed by atoms with E-state index >= 15 is 0 Å². The van der Waals surface area contributed by atoms with Crippen molar-refractivity contribution in [2.75, 3.05) is 58.8 Å². The van der Waals surface area contributed by atoms with Gasteiger partial charge in [-0.05, 0) is 75.5 Å². The Bertz CT molecular complexity index is 1410. The van der Waals surface area contributed by atoms with Crippen molar-refractivity contribution in [2.45, 2.75) is 44.9 Å². The second kappa shape index (κ2) is 15.3. The van der Waals surface area contributed by atoms with E-state index in [1.807, 2.05) is 54.6 Å². The molecule has 0 aliphatic carbocycles. The quantitative estimate of drug-likeness (QED) is 0.0946. The molecule has 1 fully saturated rings. The molecule has 2 aliphatic heterocycles. The molecule has 8 heteroatoms. The number of nitrogens with one attached hydrogen (secondary N) is 1. The van der Waals surface area contributed by atoms with E-state index in [0.29, 0.717) is 17.7 Å². The predicted octanol–water partition coefficient (Wildman–Crippen LogP) is 6.26. The van der Waals surface area contributed by atoms with E-state index in [1.165, 1.54) is 24.2 Å². The highest BCUT2D eigenvalue weighted by atomic mass is 16.7. The molecule has 0 bridgehead atoms. The molecule has 45 heavy (non-hydrogen) atoms. The molecule has 0 aromatic heterocycles. The van der Waals surface area contributed by atoms with Crippen LogP contribution in [-0.4, -0.2) is 85.4 Å². The zero-order chi connectivity index (χ0) is 31.6. The van der Waals surface area contributed by atoms with E-state index < -0.39 is 0 Å². The first-order chi connectivity index (χ1) is 21.8. The van der Waals surface area contributed by atoms with Gasteiger partial charge in [0.05, 0.1) is 49.9 Å². The molecule has 3 aromatic rings. The lowest BCUT2D eigenvalue weighted by molar-refractivity contribution is -0.890. The van der Waals surface area contributed by atoms with Gasteiger partial charge in [-0.25, -0.2) is 10.3 Å². The summed E-state index contributed by atoms with van der Waals surface area (Å²) in [5.41, 5.74) is 6.84. The molecule has 8 nitrogen and oxygen atoms in total. The number of anilines is 1. The van der Waals surface area contributed by atoms with Crippen LogP contribution in [0.1, 0.15) is 65.7 Å². The molecule has 0 spiro atoms. The van der Waals surface area contributed by atoms with Crippen LogP contribution >= 0.6 is 0 Å². The van der Waals surface area contributed by atoms with Crippen LogP contribution in [0, 0.1) is 5.92 Å². The summed E-state index contributed by atoms with van der Waals surface area (Å²) >= 11 is 0. The van der Waals surface area contributed by atoms with Crippen molar-refractivity contribution in [2.24, 2.45) is 5.92 Å². The van der Waals surface area contributed by atoms with Gasteiger partial charge < -0.3 is 14.2 Å². The summed E-state index contributed by atoms with van der Waals surface area (Å²) in [4.78, 5) is 47.4.